The Kier molecular flexibility index (Phi) is 4.99. The number of anilines is 1. The summed E-state index contributed by atoms with van der Waals surface area (Å²) in [6, 6.07) is 21.0. The number of carbonyl (C=O) groups excluding carboxylic acids is 1. The number of ether oxygens (including phenoxy) is 1. The van der Waals surface area contributed by atoms with Gasteiger partial charge >= 0.3 is 12.1 Å². The van der Waals surface area contributed by atoms with Crippen molar-refractivity contribution in [2.45, 2.75) is 5.92 Å². The molecule has 0 fully saturated rings. The molecular formula is C23H18FNO4. The summed E-state index contributed by atoms with van der Waals surface area (Å²) in [6.07, 6.45) is -0.833. The molecule has 1 amide bonds. The Bertz CT molecular complexity index is 1040. The van der Waals surface area contributed by atoms with Crippen LogP contribution in [0.15, 0.2) is 72.8 Å². The van der Waals surface area contributed by atoms with Crippen molar-refractivity contribution in [2.75, 3.05) is 18.1 Å². The largest absolute Gasteiger partial charge is 0.480 e. The van der Waals surface area contributed by atoms with Crippen LogP contribution in [-0.4, -0.2) is 30.3 Å². The maximum absolute atomic E-state index is 13.6. The van der Waals surface area contributed by atoms with Gasteiger partial charge in [-0.25, -0.2) is 9.18 Å². The van der Waals surface area contributed by atoms with E-state index in [2.05, 4.69) is 0 Å². The Morgan fingerprint density at radius 1 is 0.931 bits per heavy atom. The highest BCUT2D eigenvalue weighted by atomic mass is 19.1. The number of carbonyl (C=O) groups is 2. The summed E-state index contributed by atoms with van der Waals surface area (Å²) in [4.78, 5) is 24.8. The maximum Gasteiger partial charge on any atom is 0.414 e. The SMILES string of the molecule is O=C(O)CN(C(=O)OCC1c2ccccc2-c2ccccc21)c1cccc(F)c1. The highest BCUT2D eigenvalue weighted by Gasteiger charge is 2.30. The minimum atomic E-state index is -1.22. The molecule has 3 aromatic rings. The van der Waals surface area contributed by atoms with Gasteiger partial charge in [0, 0.05) is 5.92 Å². The molecule has 0 saturated carbocycles. The normalized spacial score (nSPS) is 12.2. The van der Waals surface area contributed by atoms with Crippen LogP contribution in [0.25, 0.3) is 11.1 Å². The molecule has 0 heterocycles. The van der Waals surface area contributed by atoms with Crippen molar-refractivity contribution in [3.63, 3.8) is 0 Å². The molecule has 0 spiro atoms. The fourth-order valence-corrected chi connectivity index (χ4v) is 3.71. The minimum Gasteiger partial charge on any atom is -0.480 e. The summed E-state index contributed by atoms with van der Waals surface area (Å²) in [5.74, 6) is -1.93. The van der Waals surface area contributed by atoms with Gasteiger partial charge in [-0.15, -0.1) is 0 Å². The lowest BCUT2D eigenvalue weighted by atomic mass is 9.98. The minimum absolute atomic E-state index is 0.0539. The van der Waals surface area contributed by atoms with Crippen molar-refractivity contribution < 1.29 is 23.8 Å². The summed E-state index contributed by atoms with van der Waals surface area (Å²) in [5, 5.41) is 9.16. The predicted molar refractivity (Wildman–Crippen MR) is 106 cm³/mol. The third-order valence-electron chi connectivity index (χ3n) is 4.97. The quantitative estimate of drug-likeness (QED) is 0.687. The molecule has 0 saturated heterocycles. The molecule has 1 N–H and O–H groups in total. The third kappa shape index (κ3) is 3.69. The second kappa shape index (κ2) is 7.75. The Morgan fingerprint density at radius 3 is 2.14 bits per heavy atom. The lowest BCUT2D eigenvalue weighted by Gasteiger charge is -2.22. The van der Waals surface area contributed by atoms with Crippen LogP contribution < -0.4 is 4.90 Å². The molecular weight excluding hydrogens is 373 g/mol. The van der Waals surface area contributed by atoms with Crippen molar-refractivity contribution >= 4 is 17.7 Å². The van der Waals surface area contributed by atoms with Gasteiger partial charge in [-0.1, -0.05) is 54.6 Å². The third-order valence-corrected chi connectivity index (χ3v) is 4.97. The van der Waals surface area contributed by atoms with Crippen molar-refractivity contribution in [1.82, 2.24) is 0 Å². The number of rotatable bonds is 5. The lowest BCUT2D eigenvalue weighted by molar-refractivity contribution is -0.135. The fraction of sp³-hybridized carbons (Fsp3) is 0.130. The molecule has 29 heavy (non-hydrogen) atoms. The number of amides is 1. The summed E-state index contributed by atoms with van der Waals surface area (Å²) in [7, 11) is 0. The van der Waals surface area contributed by atoms with E-state index in [9.17, 15) is 14.0 Å². The van der Waals surface area contributed by atoms with Crippen LogP contribution in [-0.2, 0) is 9.53 Å². The van der Waals surface area contributed by atoms with Crippen LogP contribution in [0.4, 0.5) is 14.9 Å². The predicted octanol–water partition coefficient (Wildman–Crippen LogP) is 4.67. The van der Waals surface area contributed by atoms with Gasteiger partial charge in [-0.2, -0.15) is 0 Å². The molecule has 3 aromatic carbocycles. The molecule has 146 valence electrons. The first-order chi connectivity index (χ1) is 14.0. The van der Waals surface area contributed by atoms with Gasteiger partial charge in [-0.3, -0.25) is 9.69 Å². The van der Waals surface area contributed by atoms with Crippen molar-refractivity contribution in [3.05, 3.63) is 89.7 Å². The molecule has 0 aliphatic heterocycles. The number of carboxylic acid groups (broad SMARTS) is 1. The summed E-state index contributed by atoms with van der Waals surface area (Å²) < 4.78 is 19.1. The van der Waals surface area contributed by atoms with Gasteiger partial charge in [0.2, 0.25) is 0 Å². The Hall–Kier alpha value is -3.67. The van der Waals surface area contributed by atoms with E-state index in [0.717, 1.165) is 33.2 Å². The highest BCUT2D eigenvalue weighted by molar-refractivity contribution is 5.93. The van der Waals surface area contributed by atoms with Gasteiger partial charge in [0.05, 0.1) is 5.69 Å². The molecule has 6 heteroatoms. The van der Waals surface area contributed by atoms with Gasteiger partial charge in [0.25, 0.3) is 0 Å². The molecule has 0 bridgehead atoms. The van der Waals surface area contributed by atoms with E-state index in [4.69, 9.17) is 9.84 Å². The molecule has 5 nitrogen and oxygen atoms in total. The topological polar surface area (TPSA) is 66.8 Å². The fourth-order valence-electron chi connectivity index (χ4n) is 3.71. The lowest BCUT2D eigenvalue weighted by Crippen LogP contribution is -2.36. The molecule has 1 aliphatic carbocycles. The van der Waals surface area contributed by atoms with Crippen LogP contribution in [0.5, 0.6) is 0 Å². The maximum atomic E-state index is 13.6. The Balaban J connectivity index is 1.57. The molecule has 0 radical (unpaired) electrons. The molecule has 4 rings (SSSR count). The molecule has 0 atom stereocenters. The zero-order chi connectivity index (χ0) is 20.4. The van der Waals surface area contributed by atoms with Crippen LogP contribution >= 0.6 is 0 Å². The average Bonchev–Trinajstić information content (AvgIpc) is 3.04. The second-order valence-corrected chi connectivity index (χ2v) is 6.76. The van der Waals surface area contributed by atoms with E-state index in [1.165, 1.54) is 18.2 Å². The number of carboxylic acids is 1. The summed E-state index contributed by atoms with van der Waals surface area (Å²) in [5.41, 5.74) is 4.42. The standard InChI is InChI=1S/C23H18FNO4/c24-15-6-5-7-16(12-15)25(13-22(26)27)23(28)29-14-21-19-10-3-1-8-17(19)18-9-2-4-11-20(18)21/h1-12,21H,13-14H2,(H,26,27). The number of benzene rings is 3. The van der Waals surface area contributed by atoms with E-state index in [0.29, 0.717) is 0 Å². The van der Waals surface area contributed by atoms with Crippen molar-refractivity contribution in [3.8, 4) is 11.1 Å². The van der Waals surface area contributed by atoms with E-state index in [1.807, 2.05) is 48.5 Å². The Morgan fingerprint density at radius 2 is 1.55 bits per heavy atom. The van der Waals surface area contributed by atoms with Crippen LogP contribution in [0.1, 0.15) is 17.0 Å². The van der Waals surface area contributed by atoms with E-state index < -0.39 is 24.4 Å². The average molecular weight is 391 g/mol. The second-order valence-electron chi connectivity index (χ2n) is 6.76. The smallest absolute Gasteiger partial charge is 0.414 e. The first-order valence-corrected chi connectivity index (χ1v) is 9.14. The monoisotopic (exact) mass is 391 g/mol. The summed E-state index contributed by atoms with van der Waals surface area (Å²) >= 11 is 0. The van der Waals surface area contributed by atoms with E-state index in [-0.39, 0.29) is 18.2 Å². The van der Waals surface area contributed by atoms with Crippen molar-refractivity contribution in [2.24, 2.45) is 0 Å². The van der Waals surface area contributed by atoms with Crippen LogP contribution in [0.3, 0.4) is 0 Å². The van der Waals surface area contributed by atoms with Gasteiger partial charge < -0.3 is 9.84 Å². The molecule has 0 unspecified atom stereocenters. The van der Waals surface area contributed by atoms with Gasteiger partial charge in [0.1, 0.15) is 19.0 Å². The van der Waals surface area contributed by atoms with Crippen molar-refractivity contribution in [1.29, 1.82) is 0 Å². The highest BCUT2D eigenvalue weighted by Crippen LogP contribution is 2.44. The van der Waals surface area contributed by atoms with Gasteiger partial charge in [0.15, 0.2) is 0 Å². The van der Waals surface area contributed by atoms with Gasteiger partial charge in [-0.05, 0) is 40.5 Å². The van der Waals surface area contributed by atoms with E-state index in [1.54, 1.807) is 0 Å². The summed E-state index contributed by atoms with van der Waals surface area (Å²) in [6.45, 7) is -0.571. The molecule has 1 aliphatic rings. The number of halogens is 1. The first-order valence-electron chi connectivity index (χ1n) is 9.14. The number of nitrogens with zero attached hydrogens (tertiary/aromatic N) is 1. The Labute approximate surface area is 167 Å². The number of fused-ring (bicyclic) bond motifs is 3. The number of aliphatic carboxylic acids is 1. The van der Waals surface area contributed by atoms with E-state index >= 15 is 0 Å². The zero-order valence-corrected chi connectivity index (χ0v) is 15.4. The van der Waals surface area contributed by atoms with Crippen LogP contribution in [0.2, 0.25) is 0 Å². The first kappa shape index (κ1) is 18.7. The number of hydrogen-bond donors (Lipinski definition) is 1. The molecule has 0 aromatic heterocycles. The number of hydrogen-bond acceptors (Lipinski definition) is 3. The van der Waals surface area contributed by atoms with Crippen LogP contribution in [0, 0.1) is 5.82 Å². The zero-order valence-electron chi connectivity index (χ0n) is 15.4.